The van der Waals surface area contributed by atoms with Crippen LogP contribution in [-0.4, -0.2) is 25.2 Å². The van der Waals surface area contributed by atoms with Crippen LogP contribution >= 0.6 is 0 Å². The van der Waals surface area contributed by atoms with Crippen LogP contribution in [0.4, 0.5) is 10.1 Å². The second-order valence-corrected chi connectivity index (χ2v) is 4.49. The minimum absolute atomic E-state index is 0.129. The fourth-order valence-corrected chi connectivity index (χ4v) is 1.72. The molecule has 0 spiro atoms. The molecule has 21 heavy (non-hydrogen) atoms. The Bertz CT molecular complexity index is 491. The molecule has 1 rings (SSSR count). The summed E-state index contributed by atoms with van der Waals surface area (Å²) in [4.78, 5) is 22.7. The lowest BCUT2D eigenvalue weighted by Gasteiger charge is -2.06. The second kappa shape index (κ2) is 8.94. The van der Waals surface area contributed by atoms with Crippen LogP contribution in [0, 0.1) is 5.82 Å². The molecule has 6 heteroatoms. The molecule has 0 aliphatic carbocycles. The van der Waals surface area contributed by atoms with E-state index in [4.69, 9.17) is 15.2 Å². The molecule has 0 unspecified atom stereocenters. The van der Waals surface area contributed by atoms with Crippen LogP contribution < -0.4 is 5.73 Å². The number of halogens is 1. The minimum Gasteiger partial charge on any atom is -0.466 e. The van der Waals surface area contributed by atoms with Crippen LogP contribution in [-0.2, 0) is 14.3 Å². The number of hydrogen-bond acceptors (Lipinski definition) is 5. The molecule has 116 valence electrons. The summed E-state index contributed by atoms with van der Waals surface area (Å²) < 4.78 is 23.2. The molecule has 0 bridgehead atoms. The molecule has 0 amide bonds. The van der Waals surface area contributed by atoms with E-state index in [0.717, 1.165) is 12.5 Å². The SMILES string of the molecule is CCOC(=O)CCCCCOC(=O)c1ccc(N)cc1F. The Hall–Kier alpha value is -2.11. The predicted molar refractivity (Wildman–Crippen MR) is 76.2 cm³/mol. The third-order valence-corrected chi connectivity index (χ3v) is 2.78. The molecule has 0 aliphatic rings. The first-order valence-electron chi connectivity index (χ1n) is 6.92. The van der Waals surface area contributed by atoms with Crippen LogP contribution in [0.25, 0.3) is 0 Å². The third kappa shape index (κ3) is 6.25. The lowest BCUT2D eigenvalue weighted by Crippen LogP contribution is -2.09. The van der Waals surface area contributed by atoms with E-state index in [1.165, 1.54) is 12.1 Å². The predicted octanol–water partition coefficient (Wildman–Crippen LogP) is 2.69. The Morgan fingerprint density at radius 2 is 1.95 bits per heavy atom. The van der Waals surface area contributed by atoms with Crippen molar-refractivity contribution in [3.8, 4) is 0 Å². The maximum Gasteiger partial charge on any atom is 0.341 e. The number of hydrogen-bond donors (Lipinski definition) is 1. The van der Waals surface area contributed by atoms with E-state index in [1.54, 1.807) is 6.92 Å². The first-order valence-corrected chi connectivity index (χ1v) is 6.92. The molecule has 0 fully saturated rings. The molecule has 0 aromatic heterocycles. The van der Waals surface area contributed by atoms with Gasteiger partial charge in [-0.3, -0.25) is 4.79 Å². The first-order chi connectivity index (χ1) is 10.0. The number of nitrogens with two attached hydrogens (primary N) is 1. The van der Waals surface area contributed by atoms with Crippen molar-refractivity contribution in [1.29, 1.82) is 0 Å². The topological polar surface area (TPSA) is 78.6 Å². The van der Waals surface area contributed by atoms with Gasteiger partial charge in [0.25, 0.3) is 0 Å². The van der Waals surface area contributed by atoms with Crippen molar-refractivity contribution < 1.29 is 23.5 Å². The van der Waals surface area contributed by atoms with Crippen molar-refractivity contribution in [1.82, 2.24) is 0 Å². The standard InChI is InChI=1S/C15H20FNO4/c1-2-20-14(18)6-4-3-5-9-21-15(19)12-8-7-11(17)10-13(12)16/h7-8,10H,2-6,9,17H2,1H3. The van der Waals surface area contributed by atoms with Gasteiger partial charge >= 0.3 is 11.9 Å². The van der Waals surface area contributed by atoms with Crippen LogP contribution in [0.5, 0.6) is 0 Å². The van der Waals surface area contributed by atoms with Crippen molar-refractivity contribution in [3.63, 3.8) is 0 Å². The second-order valence-electron chi connectivity index (χ2n) is 4.49. The summed E-state index contributed by atoms with van der Waals surface area (Å²) in [5.74, 6) is -1.63. The van der Waals surface area contributed by atoms with Gasteiger partial charge in [0, 0.05) is 12.1 Å². The number of carbonyl (C=O) groups excluding carboxylic acids is 2. The molecule has 0 saturated carbocycles. The number of rotatable bonds is 8. The number of anilines is 1. The first kappa shape index (κ1) is 16.9. The molecule has 0 heterocycles. The third-order valence-electron chi connectivity index (χ3n) is 2.78. The van der Waals surface area contributed by atoms with E-state index >= 15 is 0 Å². The van der Waals surface area contributed by atoms with Gasteiger partial charge in [-0.05, 0) is 44.4 Å². The zero-order valence-corrected chi connectivity index (χ0v) is 12.1. The molecule has 2 N–H and O–H groups in total. The van der Waals surface area contributed by atoms with Crippen molar-refractivity contribution in [2.24, 2.45) is 0 Å². The van der Waals surface area contributed by atoms with E-state index in [2.05, 4.69) is 0 Å². The van der Waals surface area contributed by atoms with E-state index in [1.807, 2.05) is 0 Å². The van der Waals surface area contributed by atoms with E-state index in [9.17, 15) is 14.0 Å². The van der Waals surface area contributed by atoms with Crippen molar-refractivity contribution in [2.75, 3.05) is 18.9 Å². The number of unbranched alkanes of at least 4 members (excludes halogenated alkanes) is 2. The highest BCUT2D eigenvalue weighted by atomic mass is 19.1. The average molecular weight is 297 g/mol. The summed E-state index contributed by atoms with van der Waals surface area (Å²) in [6, 6.07) is 3.82. The Morgan fingerprint density at radius 3 is 2.62 bits per heavy atom. The highest BCUT2D eigenvalue weighted by molar-refractivity contribution is 5.90. The monoisotopic (exact) mass is 297 g/mol. The lowest BCUT2D eigenvalue weighted by atomic mass is 10.2. The van der Waals surface area contributed by atoms with Crippen molar-refractivity contribution in [3.05, 3.63) is 29.6 Å². The summed E-state index contributed by atoms with van der Waals surface area (Å²) in [6.07, 6.45) is 2.37. The van der Waals surface area contributed by atoms with Crippen LogP contribution in [0.1, 0.15) is 43.0 Å². The van der Waals surface area contributed by atoms with E-state index < -0.39 is 11.8 Å². The van der Waals surface area contributed by atoms with Crippen LogP contribution in [0.3, 0.4) is 0 Å². The van der Waals surface area contributed by atoms with Gasteiger partial charge in [-0.15, -0.1) is 0 Å². The van der Waals surface area contributed by atoms with Gasteiger partial charge in [0.05, 0.1) is 18.8 Å². The highest BCUT2D eigenvalue weighted by Gasteiger charge is 2.12. The summed E-state index contributed by atoms with van der Waals surface area (Å²) in [5, 5.41) is 0. The zero-order chi connectivity index (χ0) is 15.7. The number of nitrogen functional groups attached to an aromatic ring is 1. The molecule has 0 aliphatic heterocycles. The normalized spacial score (nSPS) is 10.2. The quantitative estimate of drug-likeness (QED) is 0.453. The average Bonchev–Trinajstić information content (AvgIpc) is 2.42. The van der Waals surface area contributed by atoms with Gasteiger partial charge in [-0.25, -0.2) is 9.18 Å². The van der Waals surface area contributed by atoms with Gasteiger partial charge < -0.3 is 15.2 Å². The molecular formula is C15H20FNO4. The molecule has 1 aromatic carbocycles. The fraction of sp³-hybridized carbons (Fsp3) is 0.467. The number of esters is 2. The Kier molecular flexibility index (Phi) is 7.21. The van der Waals surface area contributed by atoms with Gasteiger partial charge in [0.1, 0.15) is 5.82 Å². The fourth-order valence-electron chi connectivity index (χ4n) is 1.72. The van der Waals surface area contributed by atoms with Crippen LogP contribution in [0.2, 0.25) is 0 Å². The molecule has 0 saturated heterocycles. The van der Waals surface area contributed by atoms with Gasteiger partial charge in [-0.1, -0.05) is 0 Å². The number of benzene rings is 1. The molecule has 0 atom stereocenters. The molecule has 5 nitrogen and oxygen atoms in total. The largest absolute Gasteiger partial charge is 0.466 e. The minimum atomic E-state index is -0.710. The molecule has 1 aromatic rings. The van der Waals surface area contributed by atoms with Gasteiger partial charge in [0.2, 0.25) is 0 Å². The van der Waals surface area contributed by atoms with Crippen LogP contribution in [0.15, 0.2) is 18.2 Å². The van der Waals surface area contributed by atoms with Crippen molar-refractivity contribution in [2.45, 2.75) is 32.6 Å². The summed E-state index contributed by atoms with van der Waals surface area (Å²) in [5.41, 5.74) is 5.52. The number of ether oxygens (including phenoxy) is 2. The molecular weight excluding hydrogens is 277 g/mol. The van der Waals surface area contributed by atoms with E-state index in [-0.39, 0.29) is 23.8 Å². The Labute approximate surface area is 123 Å². The maximum absolute atomic E-state index is 13.5. The van der Waals surface area contributed by atoms with Gasteiger partial charge in [0.15, 0.2) is 0 Å². The van der Waals surface area contributed by atoms with Gasteiger partial charge in [-0.2, -0.15) is 0 Å². The summed E-state index contributed by atoms with van der Waals surface area (Å²) in [6.45, 7) is 2.32. The summed E-state index contributed by atoms with van der Waals surface area (Å²) >= 11 is 0. The van der Waals surface area contributed by atoms with Crippen molar-refractivity contribution >= 4 is 17.6 Å². The Morgan fingerprint density at radius 1 is 1.19 bits per heavy atom. The zero-order valence-electron chi connectivity index (χ0n) is 12.1. The maximum atomic E-state index is 13.5. The lowest BCUT2D eigenvalue weighted by molar-refractivity contribution is -0.143. The smallest absolute Gasteiger partial charge is 0.341 e. The number of carbonyl (C=O) groups is 2. The molecule has 0 radical (unpaired) electrons. The van der Waals surface area contributed by atoms with E-state index in [0.29, 0.717) is 25.9 Å². The highest BCUT2D eigenvalue weighted by Crippen LogP contribution is 2.13. The Balaban J connectivity index is 2.21. The summed E-state index contributed by atoms with van der Waals surface area (Å²) in [7, 11) is 0.